The zero-order valence-corrected chi connectivity index (χ0v) is 11.3. The summed E-state index contributed by atoms with van der Waals surface area (Å²) in [4.78, 5) is 8.07. The molecule has 0 saturated heterocycles. The van der Waals surface area contributed by atoms with E-state index >= 15 is 0 Å². The summed E-state index contributed by atoms with van der Waals surface area (Å²) in [5.74, 6) is 0.928. The van der Waals surface area contributed by atoms with Crippen LogP contribution in [0.5, 0.6) is 5.88 Å². The third kappa shape index (κ3) is 3.26. The highest BCUT2D eigenvalue weighted by atomic mass is 35.5. The van der Waals surface area contributed by atoms with Crippen LogP contribution in [0.3, 0.4) is 0 Å². The second-order valence-corrected chi connectivity index (χ2v) is 4.23. The van der Waals surface area contributed by atoms with E-state index in [4.69, 9.17) is 22.1 Å². The van der Waals surface area contributed by atoms with Gasteiger partial charge in [-0.15, -0.1) is 0 Å². The molecule has 1 aromatic heterocycles. The van der Waals surface area contributed by atoms with E-state index in [0.717, 1.165) is 5.56 Å². The van der Waals surface area contributed by atoms with E-state index in [9.17, 15) is 0 Å². The number of halogens is 1. The Labute approximate surface area is 116 Å². The first-order valence-electron chi connectivity index (χ1n) is 5.93. The van der Waals surface area contributed by atoms with Crippen LogP contribution in [0.25, 0.3) is 0 Å². The Morgan fingerprint density at radius 2 is 2.11 bits per heavy atom. The van der Waals surface area contributed by atoms with Gasteiger partial charge in [-0.3, -0.25) is 0 Å². The lowest BCUT2D eigenvalue weighted by atomic mass is 10.2. The molecule has 0 bridgehead atoms. The fourth-order valence-electron chi connectivity index (χ4n) is 1.59. The Balaban J connectivity index is 2.12. The number of rotatable bonds is 5. The summed E-state index contributed by atoms with van der Waals surface area (Å²) >= 11 is 6.08. The standard InChI is InChI=1S/C13H15ClN4O/c1-2-19-13-11(15)12(17-8-18-13)16-7-9-5-3-4-6-10(9)14/h3-6,8H,2,7,15H2,1H3,(H,16,17,18). The first-order valence-corrected chi connectivity index (χ1v) is 6.30. The largest absolute Gasteiger partial charge is 0.476 e. The number of aromatic nitrogens is 2. The van der Waals surface area contributed by atoms with Gasteiger partial charge in [0.25, 0.3) is 0 Å². The molecule has 3 N–H and O–H groups in total. The second-order valence-electron chi connectivity index (χ2n) is 3.82. The van der Waals surface area contributed by atoms with Gasteiger partial charge in [-0.1, -0.05) is 29.8 Å². The number of hydrogen-bond acceptors (Lipinski definition) is 5. The summed E-state index contributed by atoms with van der Waals surface area (Å²) in [5, 5.41) is 3.83. The van der Waals surface area contributed by atoms with E-state index in [2.05, 4.69) is 15.3 Å². The van der Waals surface area contributed by atoms with E-state index < -0.39 is 0 Å². The summed E-state index contributed by atoms with van der Waals surface area (Å²) in [7, 11) is 0. The number of anilines is 2. The van der Waals surface area contributed by atoms with Gasteiger partial charge in [0.1, 0.15) is 12.0 Å². The van der Waals surface area contributed by atoms with Gasteiger partial charge in [0.15, 0.2) is 5.82 Å². The van der Waals surface area contributed by atoms with Crippen LogP contribution in [0.15, 0.2) is 30.6 Å². The maximum absolute atomic E-state index is 6.08. The highest BCUT2D eigenvalue weighted by molar-refractivity contribution is 6.31. The van der Waals surface area contributed by atoms with Crippen molar-refractivity contribution in [3.05, 3.63) is 41.2 Å². The van der Waals surface area contributed by atoms with Crippen LogP contribution in [0.4, 0.5) is 11.5 Å². The van der Waals surface area contributed by atoms with Crippen molar-refractivity contribution < 1.29 is 4.74 Å². The maximum atomic E-state index is 6.08. The Kier molecular flexibility index (Phi) is 4.41. The minimum atomic E-state index is 0.388. The van der Waals surface area contributed by atoms with Crippen LogP contribution in [-0.4, -0.2) is 16.6 Å². The van der Waals surface area contributed by atoms with Crippen LogP contribution >= 0.6 is 11.6 Å². The first-order chi connectivity index (χ1) is 9.22. The Morgan fingerprint density at radius 1 is 1.32 bits per heavy atom. The number of ether oxygens (including phenoxy) is 1. The van der Waals surface area contributed by atoms with Crippen molar-refractivity contribution in [2.45, 2.75) is 13.5 Å². The van der Waals surface area contributed by atoms with Gasteiger partial charge >= 0.3 is 0 Å². The number of hydrogen-bond donors (Lipinski definition) is 2. The number of nitrogen functional groups attached to an aromatic ring is 1. The molecule has 5 nitrogen and oxygen atoms in total. The third-order valence-electron chi connectivity index (χ3n) is 2.53. The zero-order valence-electron chi connectivity index (χ0n) is 10.6. The number of nitrogens with two attached hydrogens (primary N) is 1. The number of nitrogens with one attached hydrogen (secondary N) is 1. The van der Waals surface area contributed by atoms with E-state index in [-0.39, 0.29) is 0 Å². The minimum absolute atomic E-state index is 0.388. The van der Waals surface area contributed by atoms with Crippen molar-refractivity contribution in [3.63, 3.8) is 0 Å². The lowest BCUT2D eigenvalue weighted by Gasteiger charge is -2.11. The van der Waals surface area contributed by atoms with Crippen LogP contribution in [0, 0.1) is 0 Å². The van der Waals surface area contributed by atoms with E-state index in [0.29, 0.717) is 35.6 Å². The van der Waals surface area contributed by atoms with Gasteiger partial charge < -0.3 is 15.8 Å². The minimum Gasteiger partial charge on any atom is -0.476 e. The lowest BCUT2D eigenvalue weighted by molar-refractivity contribution is 0.328. The van der Waals surface area contributed by atoms with Crippen molar-refractivity contribution in [3.8, 4) is 5.88 Å². The lowest BCUT2D eigenvalue weighted by Crippen LogP contribution is -2.08. The van der Waals surface area contributed by atoms with Crippen LogP contribution < -0.4 is 15.8 Å². The van der Waals surface area contributed by atoms with Crippen molar-refractivity contribution in [2.24, 2.45) is 0 Å². The molecule has 0 saturated carbocycles. The summed E-state index contributed by atoms with van der Waals surface area (Å²) < 4.78 is 5.31. The molecule has 0 fully saturated rings. The quantitative estimate of drug-likeness (QED) is 0.880. The maximum Gasteiger partial charge on any atom is 0.242 e. The average Bonchev–Trinajstić information content (AvgIpc) is 2.42. The molecule has 0 aliphatic heterocycles. The summed E-state index contributed by atoms with van der Waals surface area (Å²) in [6, 6.07) is 7.60. The molecule has 1 aromatic carbocycles. The molecule has 0 atom stereocenters. The number of nitrogens with zero attached hydrogens (tertiary/aromatic N) is 2. The van der Waals surface area contributed by atoms with Gasteiger partial charge in [-0.05, 0) is 18.6 Å². The van der Waals surface area contributed by atoms with Crippen molar-refractivity contribution >= 4 is 23.1 Å². The van der Waals surface area contributed by atoms with Crippen LogP contribution in [0.1, 0.15) is 12.5 Å². The van der Waals surface area contributed by atoms with Crippen molar-refractivity contribution in [2.75, 3.05) is 17.7 Å². The molecule has 2 aromatic rings. The topological polar surface area (TPSA) is 73.1 Å². The van der Waals surface area contributed by atoms with Gasteiger partial charge in [0.05, 0.1) is 6.61 Å². The van der Waals surface area contributed by atoms with Gasteiger partial charge in [-0.25, -0.2) is 4.98 Å². The Hall–Kier alpha value is -2.01. The second kappa shape index (κ2) is 6.24. The predicted octanol–water partition coefficient (Wildman–Crippen LogP) is 2.72. The van der Waals surface area contributed by atoms with Crippen molar-refractivity contribution in [1.82, 2.24) is 9.97 Å². The molecule has 0 aliphatic carbocycles. The molecule has 6 heteroatoms. The van der Waals surface area contributed by atoms with E-state index in [1.54, 1.807) is 0 Å². The average molecular weight is 279 g/mol. The molecule has 0 spiro atoms. The normalized spacial score (nSPS) is 10.2. The molecule has 0 unspecified atom stereocenters. The molecule has 0 aliphatic rings. The summed E-state index contributed by atoms with van der Waals surface area (Å²) in [5.41, 5.74) is 7.30. The highest BCUT2D eigenvalue weighted by Gasteiger charge is 2.09. The zero-order chi connectivity index (χ0) is 13.7. The molecule has 2 rings (SSSR count). The van der Waals surface area contributed by atoms with Crippen LogP contribution in [-0.2, 0) is 6.54 Å². The van der Waals surface area contributed by atoms with Gasteiger partial charge in [0.2, 0.25) is 5.88 Å². The van der Waals surface area contributed by atoms with E-state index in [1.807, 2.05) is 31.2 Å². The fraction of sp³-hybridized carbons (Fsp3) is 0.231. The summed E-state index contributed by atoms with van der Waals surface area (Å²) in [6.07, 6.45) is 1.41. The molecule has 0 amide bonds. The van der Waals surface area contributed by atoms with Crippen molar-refractivity contribution in [1.29, 1.82) is 0 Å². The third-order valence-corrected chi connectivity index (χ3v) is 2.90. The van der Waals surface area contributed by atoms with Gasteiger partial charge in [0, 0.05) is 11.6 Å². The molecular weight excluding hydrogens is 264 g/mol. The monoisotopic (exact) mass is 278 g/mol. The smallest absolute Gasteiger partial charge is 0.242 e. The first kappa shape index (κ1) is 13.4. The fourth-order valence-corrected chi connectivity index (χ4v) is 1.80. The van der Waals surface area contributed by atoms with E-state index in [1.165, 1.54) is 6.33 Å². The molecule has 0 radical (unpaired) electrons. The molecule has 100 valence electrons. The Morgan fingerprint density at radius 3 is 2.84 bits per heavy atom. The molecule has 1 heterocycles. The molecule has 19 heavy (non-hydrogen) atoms. The predicted molar refractivity (Wildman–Crippen MR) is 76.4 cm³/mol. The number of benzene rings is 1. The van der Waals surface area contributed by atoms with Gasteiger partial charge in [-0.2, -0.15) is 4.98 Å². The van der Waals surface area contributed by atoms with Crippen LogP contribution in [0.2, 0.25) is 5.02 Å². The SMILES string of the molecule is CCOc1ncnc(NCc2ccccc2Cl)c1N. The summed E-state index contributed by atoms with van der Waals surface area (Å²) in [6.45, 7) is 2.91. The Bertz CT molecular complexity index is 562. The molecular formula is C13H15ClN4O. The highest BCUT2D eigenvalue weighted by Crippen LogP contribution is 2.25.